The monoisotopic (exact) mass is 343 g/mol. The van der Waals surface area contributed by atoms with Crippen LogP contribution in [-0.4, -0.2) is 55.2 Å². The number of benzene rings is 1. The van der Waals surface area contributed by atoms with Crippen molar-refractivity contribution in [3.05, 3.63) is 30.3 Å². The van der Waals surface area contributed by atoms with E-state index in [9.17, 15) is 9.59 Å². The Labute approximate surface area is 145 Å². The number of nitrogens with zero attached hydrogens (tertiary/aromatic N) is 5. The molecule has 8 heteroatoms. The average molecular weight is 343 g/mol. The van der Waals surface area contributed by atoms with E-state index in [0.717, 1.165) is 12.0 Å². The van der Waals surface area contributed by atoms with E-state index < -0.39 is 11.9 Å². The predicted molar refractivity (Wildman–Crippen MR) is 89.4 cm³/mol. The van der Waals surface area contributed by atoms with Crippen LogP contribution in [0, 0.1) is 5.92 Å². The lowest BCUT2D eigenvalue weighted by atomic mass is 9.98. The Balaban J connectivity index is 1.47. The van der Waals surface area contributed by atoms with E-state index in [0.29, 0.717) is 44.7 Å². The number of hydrogen-bond donors (Lipinski definition) is 1. The highest BCUT2D eigenvalue weighted by Crippen LogP contribution is 2.18. The molecular weight excluding hydrogens is 322 g/mol. The van der Waals surface area contributed by atoms with Crippen molar-refractivity contribution in [2.24, 2.45) is 5.92 Å². The van der Waals surface area contributed by atoms with Gasteiger partial charge in [0.2, 0.25) is 11.7 Å². The number of piperidine rings is 1. The number of aryl methyl sites for hydroxylation is 1. The minimum absolute atomic E-state index is 0.00523. The number of carboxylic acid groups (broad SMARTS) is 1. The molecule has 132 valence electrons. The highest BCUT2D eigenvalue weighted by atomic mass is 16.4. The maximum atomic E-state index is 12.3. The first-order chi connectivity index (χ1) is 12.1. The third kappa shape index (κ3) is 4.40. The van der Waals surface area contributed by atoms with Gasteiger partial charge in [-0.15, -0.1) is 10.2 Å². The lowest BCUT2D eigenvalue weighted by Crippen LogP contribution is -2.42. The smallest absolute Gasteiger partial charge is 0.308 e. The number of likely N-dealkylation sites (tertiary alicyclic amines) is 1. The molecule has 1 amide bonds. The van der Waals surface area contributed by atoms with E-state index in [1.807, 2.05) is 30.3 Å². The zero-order valence-electron chi connectivity index (χ0n) is 13.9. The maximum Gasteiger partial charge on any atom is 0.308 e. The summed E-state index contributed by atoms with van der Waals surface area (Å²) in [6, 6.07) is 9.59. The van der Waals surface area contributed by atoms with Gasteiger partial charge in [-0.05, 0) is 24.5 Å². The van der Waals surface area contributed by atoms with Crippen LogP contribution < -0.4 is 0 Å². The molecule has 0 radical (unpaired) electrons. The van der Waals surface area contributed by atoms with Gasteiger partial charge in [0, 0.05) is 25.1 Å². The minimum Gasteiger partial charge on any atom is -0.481 e. The van der Waals surface area contributed by atoms with E-state index in [1.165, 1.54) is 4.80 Å². The second kappa shape index (κ2) is 7.87. The number of carbonyl (C=O) groups excluding carboxylic acids is 1. The molecule has 1 saturated heterocycles. The van der Waals surface area contributed by atoms with Crippen LogP contribution in [0.15, 0.2) is 30.3 Å². The third-order valence-corrected chi connectivity index (χ3v) is 4.36. The molecule has 1 unspecified atom stereocenters. The molecule has 0 saturated carbocycles. The summed E-state index contributed by atoms with van der Waals surface area (Å²) in [5.74, 6) is -0.706. The molecule has 3 rings (SSSR count). The fourth-order valence-electron chi connectivity index (χ4n) is 2.98. The third-order valence-electron chi connectivity index (χ3n) is 4.36. The molecule has 25 heavy (non-hydrogen) atoms. The van der Waals surface area contributed by atoms with E-state index in [4.69, 9.17) is 5.11 Å². The zero-order valence-corrected chi connectivity index (χ0v) is 13.9. The molecule has 1 fully saturated rings. The Morgan fingerprint density at radius 1 is 1.24 bits per heavy atom. The Morgan fingerprint density at radius 3 is 2.80 bits per heavy atom. The minimum atomic E-state index is -0.822. The van der Waals surface area contributed by atoms with E-state index in [2.05, 4.69) is 15.4 Å². The van der Waals surface area contributed by atoms with Gasteiger partial charge in [-0.3, -0.25) is 9.59 Å². The number of carboxylic acids is 1. The van der Waals surface area contributed by atoms with Gasteiger partial charge in [-0.25, -0.2) is 0 Å². The Hall–Kier alpha value is -2.77. The Kier molecular flexibility index (Phi) is 5.37. The van der Waals surface area contributed by atoms with Crippen LogP contribution in [0.25, 0.3) is 11.4 Å². The second-order valence-corrected chi connectivity index (χ2v) is 6.20. The molecular formula is C17H21N5O3. The number of tetrazole rings is 1. The molecule has 8 nitrogen and oxygen atoms in total. The van der Waals surface area contributed by atoms with Crippen LogP contribution in [-0.2, 0) is 16.1 Å². The lowest BCUT2D eigenvalue weighted by molar-refractivity contribution is -0.145. The number of carbonyl (C=O) groups is 2. The Morgan fingerprint density at radius 2 is 2.04 bits per heavy atom. The van der Waals surface area contributed by atoms with Crippen LogP contribution in [0.2, 0.25) is 0 Å². The van der Waals surface area contributed by atoms with Crippen molar-refractivity contribution >= 4 is 11.9 Å². The van der Waals surface area contributed by atoms with Crippen molar-refractivity contribution < 1.29 is 14.7 Å². The molecule has 2 aromatic rings. The summed E-state index contributed by atoms with van der Waals surface area (Å²) in [6.45, 7) is 1.46. The molecule has 1 atom stereocenters. The van der Waals surface area contributed by atoms with Crippen molar-refractivity contribution in [3.8, 4) is 11.4 Å². The van der Waals surface area contributed by atoms with Crippen molar-refractivity contribution in [1.29, 1.82) is 0 Å². The summed E-state index contributed by atoms with van der Waals surface area (Å²) in [6.07, 6.45) is 2.34. The highest BCUT2D eigenvalue weighted by molar-refractivity contribution is 5.78. The number of rotatable bonds is 6. The Bertz CT molecular complexity index is 731. The van der Waals surface area contributed by atoms with E-state index in [-0.39, 0.29) is 5.91 Å². The van der Waals surface area contributed by atoms with Crippen LogP contribution in [0.5, 0.6) is 0 Å². The maximum absolute atomic E-state index is 12.3. The molecule has 0 bridgehead atoms. The van der Waals surface area contributed by atoms with E-state index in [1.54, 1.807) is 4.90 Å². The van der Waals surface area contributed by atoms with Gasteiger partial charge < -0.3 is 10.0 Å². The number of amides is 1. The number of hydrogen-bond acceptors (Lipinski definition) is 5. The van der Waals surface area contributed by atoms with Gasteiger partial charge in [0.1, 0.15) is 0 Å². The SMILES string of the molecule is O=C(O)C1CCCN(C(=O)CCCn2nnc(-c3ccccc3)n2)C1. The predicted octanol–water partition coefficient (Wildman–Crippen LogP) is 1.44. The number of aromatic nitrogens is 4. The van der Waals surface area contributed by atoms with Gasteiger partial charge >= 0.3 is 5.97 Å². The van der Waals surface area contributed by atoms with Gasteiger partial charge in [0.05, 0.1) is 12.5 Å². The standard InChI is InChI=1S/C17H21N5O3/c23-15(21-10-4-8-14(12-21)17(24)25)9-5-11-22-19-16(18-20-22)13-6-2-1-3-7-13/h1-3,6-7,14H,4-5,8-12H2,(H,24,25). The first-order valence-corrected chi connectivity index (χ1v) is 8.47. The lowest BCUT2D eigenvalue weighted by Gasteiger charge is -2.30. The van der Waals surface area contributed by atoms with E-state index >= 15 is 0 Å². The topological polar surface area (TPSA) is 101 Å². The van der Waals surface area contributed by atoms with Crippen molar-refractivity contribution in [2.45, 2.75) is 32.2 Å². The summed E-state index contributed by atoms with van der Waals surface area (Å²) in [5.41, 5.74) is 0.901. The molecule has 1 aromatic heterocycles. The molecule has 0 aliphatic carbocycles. The fraction of sp³-hybridized carbons (Fsp3) is 0.471. The van der Waals surface area contributed by atoms with Crippen LogP contribution in [0.1, 0.15) is 25.7 Å². The highest BCUT2D eigenvalue weighted by Gasteiger charge is 2.27. The first kappa shape index (κ1) is 17.1. The summed E-state index contributed by atoms with van der Waals surface area (Å²) in [5, 5.41) is 21.4. The van der Waals surface area contributed by atoms with Crippen molar-refractivity contribution in [1.82, 2.24) is 25.1 Å². The summed E-state index contributed by atoms with van der Waals surface area (Å²) >= 11 is 0. The first-order valence-electron chi connectivity index (χ1n) is 8.47. The average Bonchev–Trinajstić information content (AvgIpc) is 3.11. The quantitative estimate of drug-likeness (QED) is 0.852. The molecule has 1 aliphatic rings. The van der Waals surface area contributed by atoms with Crippen LogP contribution in [0.3, 0.4) is 0 Å². The molecule has 0 spiro atoms. The van der Waals surface area contributed by atoms with Gasteiger partial charge in [0.15, 0.2) is 0 Å². The molecule has 2 heterocycles. The largest absolute Gasteiger partial charge is 0.481 e. The van der Waals surface area contributed by atoms with Gasteiger partial charge in [-0.1, -0.05) is 30.3 Å². The summed E-state index contributed by atoms with van der Waals surface area (Å²) in [7, 11) is 0. The second-order valence-electron chi connectivity index (χ2n) is 6.20. The number of aliphatic carboxylic acids is 1. The van der Waals surface area contributed by atoms with Crippen molar-refractivity contribution in [2.75, 3.05) is 13.1 Å². The van der Waals surface area contributed by atoms with Gasteiger partial charge in [0.25, 0.3) is 0 Å². The zero-order chi connectivity index (χ0) is 17.6. The molecule has 1 aromatic carbocycles. The van der Waals surface area contributed by atoms with Crippen molar-refractivity contribution in [3.63, 3.8) is 0 Å². The summed E-state index contributed by atoms with van der Waals surface area (Å²) < 4.78 is 0. The van der Waals surface area contributed by atoms with Crippen LogP contribution >= 0.6 is 0 Å². The fourth-order valence-corrected chi connectivity index (χ4v) is 2.98. The summed E-state index contributed by atoms with van der Waals surface area (Å²) in [4.78, 5) is 26.5. The van der Waals surface area contributed by atoms with Gasteiger partial charge in [-0.2, -0.15) is 4.80 Å². The van der Waals surface area contributed by atoms with Crippen LogP contribution in [0.4, 0.5) is 0 Å². The molecule has 1 N–H and O–H groups in total. The normalized spacial score (nSPS) is 17.4. The molecule has 1 aliphatic heterocycles.